The number of carbonyl (C=O) groups is 1. The first-order chi connectivity index (χ1) is 8.58. The number of furan rings is 1. The van der Waals surface area contributed by atoms with Gasteiger partial charge < -0.3 is 15.5 Å². The molecular weight excluding hydrogens is 232 g/mol. The lowest BCUT2D eigenvalue weighted by Gasteiger charge is -2.12. The molecule has 3 N–H and O–H groups in total. The normalized spacial score (nSPS) is 12.3. The zero-order valence-electron chi connectivity index (χ0n) is 10.4. The highest BCUT2D eigenvalue weighted by Crippen LogP contribution is 2.10. The van der Waals surface area contributed by atoms with Gasteiger partial charge in [0.1, 0.15) is 11.5 Å². The number of hydrogen-bond acceptors (Lipinski definition) is 4. The zero-order chi connectivity index (χ0) is 13.1. The van der Waals surface area contributed by atoms with Crippen molar-refractivity contribution >= 4 is 11.6 Å². The monoisotopic (exact) mass is 248 g/mol. The van der Waals surface area contributed by atoms with Crippen LogP contribution < -0.4 is 11.1 Å². The minimum Gasteiger partial charge on any atom is -0.469 e. The van der Waals surface area contributed by atoms with E-state index in [2.05, 4.69) is 10.4 Å². The van der Waals surface area contributed by atoms with E-state index < -0.39 is 0 Å². The summed E-state index contributed by atoms with van der Waals surface area (Å²) < 4.78 is 6.69. The predicted octanol–water partition coefficient (Wildman–Crippen LogP) is 0.956. The number of rotatable bonds is 4. The number of hydrogen-bond donors (Lipinski definition) is 2. The Kier molecular flexibility index (Phi) is 3.36. The standard InChI is InChI=1S/C12H16N4O2/c1-8(6-9-4-3-5-18-9)15-12(17)11-10(13)7-14-16(11)2/h3-5,7-8H,6,13H2,1-2H3,(H,15,17). The molecule has 6 heteroatoms. The second-order valence-electron chi connectivity index (χ2n) is 4.23. The summed E-state index contributed by atoms with van der Waals surface area (Å²) in [4.78, 5) is 12.0. The van der Waals surface area contributed by atoms with E-state index in [1.165, 1.54) is 10.9 Å². The van der Waals surface area contributed by atoms with Gasteiger partial charge in [0.25, 0.3) is 5.91 Å². The van der Waals surface area contributed by atoms with Gasteiger partial charge in [-0.15, -0.1) is 0 Å². The number of amides is 1. The maximum Gasteiger partial charge on any atom is 0.271 e. The van der Waals surface area contributed by atoms with Crippen LogP contribution >= 0.6 is 0 Å². The largest absolute Gasteiger partial charge is 0.469 e. The maximum absolute atomic E-state index is 12.0. The molecule has 0 saturated heterocycles. The molecule has 2 heterocycles. The van der Waals surface area contributed by atoms with E-state index in [0.717, 1.165) is 5.76 Å². The van der Waals surface area contributed by atoms with Crippen LogP contribution in [0.4, 0.5) is 5.69 Å². The van der Waals surface area contributed by atoms with Crippen LogP contribution in [0.5, 0.6) is 0 Å². The maximum atomic E-state index is 12.0. The summed E-state index contributed by atoms with van der Waals surface area (Å²) in [7, 11) is 1.68. The van der Waals surface area contributed by atoms with Gasteiger partial charge in [-0.1, -0.05) is 0 Å². The van der Waals surface area contributed by atoms with Gasteiger partial charge >= 0.3 is 0 Å². The molecule has 1 amide bonds. The number of anilines is 1. The Balaban J connectivity index is 1.99. The number of carbonyl (C=O) groups excluding carboxylic acids is 1. The molecule has 0 fully saturated rings. The molecule has 0 aromatic carbocycles. The summed E-state index contributed by atoms with van der Waals surface area (Å²) in [5.74, 6) is 0.604. The molecule has 96 valence electrons. The van der Waals surface area contributed by atoms with E-state index in [0.29, 0.717) is 17.8 Å². The molecule has 0 bridgehead atoms. The number of nitrogen functional groups attached to an aromatic ring is 1. The predicted molar refractivity (Wildman–Crippen MR) is 67.0 cm³/mol. The summed E-state index contributed by atoms with van der Waals surface area (Å²) in [5.41, 5.74) is 6.44. The molecule has 6 nitrogen and oxygen atoms in total. The van der Waals surface area contributed by atoms with E-state index >= 15 is 0 Å². The molecule has 2 aromatic rings. The fourth-order valence-electron chi connectivity index (χ4n) is 1.81. The molecule has 1 unspecified atom stereocenters. The van der Waals surface area contributed by atoms with E-state index in [-0.39, 0.29) is 11.9 Å². The quantitative estimate of drug-likeness (QED) is 0.843. The third-order valence-corrected chi connectivity index (χ3v) is 2.65. The van der Waals surface area contributed by atoms with Gasteiger partial charge in [-0.2, -0.15) is 5.10 Å². The van der Waals surface area contributed by atoms with Crippen LogP contribution in [0.2, 0.25) is 0 Å². The second-order valence-corrected chi connectivity index (χ2v) is 4.23. The van der Waals surface area contributed by atoms with E-state index in [9.17, 15) is 4.79 Å². The van der Waals surface area contributed by atoms with Crippen LogP contribution in [0.15, 0.2) is 29.0 Å². The van der Waals surface area contributed by atoms with E-state index in [1.807, 2.05) is 19.1 Å². The zero-order valence-corrected chi connectivity index (χ0v) is 10.4. The van der Waals surface area contributed by atoms with Crippen molar-refractivity contribution in [2.75, 3.05) is 5.73 Å². The number of nitrogens with one attached hydrogen (secondary N) is 1. The first-order valence-corrected chi connectivity index (χ1v) is 5.68. The smallest absolute Gasteiger partial charge is 0.271 e. The van der Waals surface area contributed by atoms with Crippen LogP contribution in [0, 0.1) is 0 Å². The average molecular weight is 248 g/mol. The Morgan fingerprint density at radius 2 is 2.44 bits per heavy atom. The average Bonchev–Trinajstić information content (AvgIpc) is 2.89. The molecule has 2 aromatic heterocycles. The Morgan fingerprint density at radius 3 is 3.00 bits per heavy atom. The van der Waals surface area contributed by atoms with Crippen molar-refractivity contribution in [1.29, 1.82) is 0 Å². The minimum atomic E-state index is -0.230. The van der Waals surface area contributed by atoms with Crippen molar-refractivity contribution in [3.05, 3.63) is 36.0 Å². The van der Waals surface area contributed by atoms with Crippen LogP contribution in [0.3, 0.4) is 0 Å². The van der Waals surface area contributed by atoms with E-state index in [1.54, 1.807) is 13.3 Å². The van der Waals surface area contributed by atoms with Crippen LogP contribution in [0.1, 0.15) is 23.2 Å². The fourth-order valence-corrected chi connectivity index (χ4v) is 1.81. The molecule has 18 heavy (non-hydrogen) atoms. The van der Waals surface area contributed by atoms with Crippen molar-refractivity contribution in [2.24, 2.45) is 7.05 Å². The first-order valence-electron chi connectivity index (χ1n) is 5.68. The molecule has 0 radical (unpaired) electrons. The van der Waals surface area contributed by atoms with Gasteiger partial charge in [0.15, 0.2) is 0 Å². The summed E-state index contributed by atoms with van der Waals surface area (Å²) >= 11 is 0. The van der Waals surface area contributed by atoms with Crippen molar-refractivity contribution < 1.29 is 9.21 Å². The topological polar surface area (TPSA) is 86.1 Å². The number of nitrogens with zero attached hydrogens (tertiary/aromatic N) is 2. The van der Waals surface area contributed by atoms with Crippen molar-refractivity contribution in [3.8, 4) is 0 Å². The lowest BCUT2D eigenvalue weighted by atomic mass is 10.2. The molecule has 2 rings (SSSR count). The number of aryl methyl sites for hydroxylation is 1. The van der Waals surface area contributed by atoms with Crippen LogP contribution in [0.25, 0.3) is 0 Å². The SMILES string of the molecule is CC(Cc1ccco1)NC(=O)c1c(N)cnn1C. The van der Waals surface area contributed by atoms with Crippen molar-refractivity contribution in [3.63, 3.8) is 0 Å². The minimum absolute atomic E-state index is 0.0436. The lowest BCUT2D eigenvalue weighted by molar-refractivity contribution is 0.0930. The Bertz CT molecular complexity index is 511. The van der Waals surface area contributed by atoms with Gasteiger partial charge in [-0.3, -0.25) is 9.48 Å². The number of nitrogens with two attached hydrogens (primary N) is 1. The molecule has 0 aliphatic rings. The van der Waals surface area contributed by atoms with Crippen molar-refractivity contribution in [1.82, 2.24) is 15.1 Å². The summed E-state index contributed by atoms with van der Waals surface area (Å²) in [5, 5.41) is 6.80. The Labute approximate surface area is 105 Å². The molecule has 0 spiro atoms. The fraction of sp³-hybridized carbons (Fsp3) is 0.333. The van der Waals surface area contributed by atoms with Gasteiger partial charge in [0.05, 0.1) is 18.1 Å². The van der Waals surface area contributed by atoms with Crippen molar-refractivity contribution in [2.45, 2.75) is 19.4 Å². The summed E-state index contributed by atoms with van der Waals surface area (Å²) in [6, 6.07) is 3.65. The Hall–Kier alpha value is -2.24. The lowest BCUT2D eigenvalue weighted by Crippen LogP contribution is -2.35. The van der Waals surface area contributed by atoms with E-state index in [4.69, 9.17) is 10.2 Å². The van der Waals surface area contributed by atoms with Gasteiger partial charge in [0, 0.05) is 19.5 Å². The highest BCUT2D eigenvalue weighted by atomic mass is 16.3. The molecule has 0 aliphatic heterocycles. The van der Waals surface area contributed by atoms with Gasteiger partial charge in [0.2, 0.25) is 0 Å². The highest BCUT2D eigenvalue weighted by Gasteiger charge is 2.17. The molecule has 1 atom stereocenters. The third kappa shape index (κ3) is 2.53. The van der Waals surface area contributed by atoms with Gasteiger partial charge in [-0.25, -0.2) is 0 Å². The Morgan fingerprint density at radius 1 is 1.67 bits per heavy atom. The summed E-state index contributed by atoms with van der Waals surface area (Å²) in [6.07, 6.45) is 3.71. The molecular formula is C12H16N4O2. The summed E-state index contributed by atoms with van der Waals surface area (Å²) in [6.45, 7) is 1.91. The molecule has 0 saturated carbocycles. The van der Waals surface area contributed by atoms with Crippen LogP contribution in [-0.2, 0) is 13.5 Å². The van der Waals surface area contributed by atoms with Gasteiger partial charge in [-0.05, 0) is 19.1 Å². The molecule has 0 aliphatic carbocycles. The second kappa shape index (κ2) is 4.95. The third-order valence-electron chi connectivity index (χ3n) is 2.65. The first kappa shape index (κ1) is 12.2. The highest BCUT2D eigenvalue weighted by molar-refractivity contribution is 5.97. The number of aromatic nitrogens is 2. The van der Waals surface area contributed by atoms with Crippen LogP contribution in [-0.4, -0.2) is 21.7 Å².